The zero-order chi connectivity index (χ0) is 12.9. The van der Waals surface area contributed by atoms with Gasteiger partial charge in [0.2, 0.25) is 0 Å². The summed E-state index contributed by atoms with van der Waals surface area (Å²) < 4.78 is 35.8. The summed E-state index contributed by atoms with van der Waals surface area (Å²) >= 11 is 0. The fourth-order valence-electron chi connectivity index (χ4n) is 0.896. The number of aliphatic imine (C=N–C) groups is 1. The lowest BCUT2D eigenvalue weighted by Crippen LogP contribution is -2.33. The maximum Gasteiger partial charge on any atom is 0.416 e. The van der Waals surface area contributed by atoms with E-state index in [-0.39, 0.29) is 29.9 Å². The van der Waals surface area contributed by atoms with Gasteiger partial charge >= 0.3 is 6.18 Å². The Morgan fingerprint density at radius 2 is 2.17 bits per heavy atom. The highest BCUT2D eigenvalue weighted by Gasteiger charge is 2.37. The van der Waals surface area contributed by atoms with Crippen molar-refractivity contribution in [2.75, 3.05) is 11.9 Å². The highest BCUT2D eigenvalue weighted by atomic mass is 127. The van der Waals surface area contributed by atoms with Crippen molar-refractivity contribution >= 4 is 35.8 Å². The lowest BCUT2D eigenvalue weighted by atomic mass is 10.3. The summed E-state index contributed by atoms with van der Waals surface area (Å²) in [5.41, 5.74) is 5.32. The number of hydrogen-bond donors (Lipinski definition) is 3. The van der Waals surface area contributed by atoms with Crippen molar-refractivity contribution in [2.24, 2.45) is 10.7 Å². The van der Waals surface area contributed by atoms with Crippen LogP contribution in [0.15, 0.2) is 29.4 Å². The van der Waals surface area contributed by atoms with Gasteiger partial charge in [0.25, 0.3) is 0 Å². The number of aliphatic hydroxyl groups excluding tert-OH is 1. The van der Waals surface area contributed by atoms with E-state index in [1.54, 1.807) is 18.2 Å². The van der Waals surface area contributed by atoms with Crippen LogP contribution >= 0.6 is 24.0 Å². The smallest absolute Gasteiger partial charge is 0.382 e. The minimum atomic E-state index is -4.70. The van der Waals surface area contributed by atoms with Crippen molar-refractivity contribution in [3.63, 3.8) is 0 Å². The number of anilines is 1. The molecule has 0 aromatic carbocycles. The SMILES string of the molecule is I.NC(=NCC(O)C(F)(F)F)Nc1ccccn1. The molecule has 5 nitrogen and oxygen atoms in total. The summed E-state index contributed by atoms with van der Waals surface area (Å²) in [5.74, 6) is 0.113. The normalized spacial score (nSPS) is 13.7. The minimum Gasteiger partial charge on any atom is -0.382 e. The molecule has 0 aliphatic heterocycles. The Labute approximate surface area is 118 Å². The van der Waals surface area contributed by atoms with Crippen molar-refractivity contribution in [3.8, 4) is 0 Å². The van der Waals surface area contributed by atoms with Gasteiger partial charge in [-0.2, -0.15) is 13.2 Å². The van der Waals surface area contributed by atoms with Crippen LogP contribution in [0.3, 0.4) is 0 Å². The molecule has 1 aromatic heterocycles. The first-order valence-electron chi connectivity index (χ1n) is 4.62. The standard InChI is InChI=1S/C9H11F3N4O.HI/c10-9(11,12)6(17)5-15-8(13)16-7-3-1-2-4-14-7;/h1-4,6,17H,5H2,(H3,13,14,15,16);1H. The van der Waals surface area contributed by atoms with Crippen LogP contribution < -0.4 is 11.1 Å². The minimum absolute atomic E-state index is 0. The van der Waals surface area contributed by atoms with Crippen LogP contribution in [0.4, 0.5) is 19.0 Å². The molecule has 0 fully saturated rings. The van der Waals surface area contributed by atoms with E-state index in [0.29, 0.717) is 5.82 Å². The Bertz CT molecular complexity index is 385. The molecule has 18 heavy (non-hydrogen) atoms. The predicted molar refractivity (Wildman–Crippen MR) is 71.8 cm³/mol. The van der Waals surface area contributed by atoms with Gasteiger partial charge in [-0.25, -0.2) is 4.98 Å². The monoisotopic (exact) mass is 376 g/mol. The number of guanidine groups is 1. The molecule has 1 aromatic rings. The highest BCUT2D eigenvalue weighted by molar-refractivity contribution is 14.0. The topological polar surface area (TPSA) is 83.5 Å². The van der Waals surface area contributed by atoms with E-state index < -0.39 is 18.8 Å². The fourth-order valence-corrected chi connectivity index (χ4v) is 0.896. The quantitative estimate of drug-likeness (QED) is 0.423. The number of nitrogens with zero attached hydrogens (tertiary/aromatic N) is 2. The van der Waals surface area contributed by atoms with E-state index in [1.807, 2.05) is 0 Å². The van der Waals surface area contributed by atoms with Gasteiger partial charge in [0.15, 0.2) is 12.1 Å². The average molecular weight is 376 g/mol. The lowest BCUT2D eigenvalue weighted by Gasteiger charge is -2.12. The molecule has 0 saturated carbocycles. The van der Waals surface area contributed by atoms with Crippen LogP contribution in [0.25, 0.3) is 0 Å². The second-order valence-corrected chi connectivity index (χ2v) is 3.12. The molecular weight excluding hydrogens is 364 g/mol. The number of aliphatic hydroxyl groups is 1. The molecule has 4 N–H and O–H groups in total. The van der Waals surface area contributed by atoms with E-state index in [0.717, 1.165) is 0 Å². The molecule has 0 aliphatic rings. The van der Waals surface area contributed by atoms with Gasteiger partial charge < -0.3 is 16.2 Å². The first kappa shape index (κ1) is 16.9. The van der Waals surface area contributed by atoms with E-state index in [2.05, 4.69) is 15.3 Å². The zero-order valence-corrected chi connectivity index (χ0v) is 11.4. The summed E-state index contributed by atoms with van der Waals surface area (Å²) in [5, 5.41) is 11.2. The van der Waals surface area contributed by atoms with Gasteiger partial charge in [-0.3, -0.25) is 4.99 Å². The van der Waals surface area contributed by atoms with Gasteiger partial charge in [0.05, 0.1) is 6.54 Å². The first-order valence-corrected chi connectivity index (χ1v) is 4.62. The number of nitrogens with two attached hydrogens (primary N) is 1. The number of pyridine rings is 1. The molecule has 9 heteroatoms. The third-order valence-electron chi connectivity index (χ3n) is 1.73. The molecule has 102 valence electrons. The maximum absolute atomic E-state index is 11.9. The van der Waals surface area contributed by atoms with Crippen molar-refractivity contribution in [1.82, 2.24) is 4.98 Å². The summed E-state index contributed by atoms with van der Waals surface area (Å²) in [6.45, 7) is -0.852. The summed E-state index contributed by atoms with van der Waals surface area (Å²) in [4.78, 5) is 7.20. The van der Waals surface area contributed by atoms with Gasteiger partial charge in [-0.1, -0.05) is 6.07 Å². The van der Waals surface area contributed by atoms with E-state index in [1.165, 1.54) is 6.20 Å². The van der Waals surface area contributed by atoms with Crippen molar-refractivity contribution < 1.29 is 18.3 Å². The van der Waals surface area contributed by atoms with Crippen molar-refractivity contribution in [1.29, 1.82) is 0 Å². The van der Waals surface area contributed by atoms with Crippen LogP contribution in [0, 0.1) is 0 Å². The van der Waals surface area contributed by atoms with Crippen LogP contribution in [0.1, 0.15) is 0 Å². The van der Waals surface area contributed by atoms with E-state index in [9.17, 15) is 13.2 Å². The number of nitrogens with one attached hydrogen (secondary N) is 1. The van der Waals surface area contributed by atoms with Gasteiger partial charge in [0.1, 0.15) is 5.82 Å². The molecule has 0 radical (unpaired) electrons. The lowest BCUT2D eigenvalue weighted by molar-refractivity contribution is -0.199. The number of halogens is 4. The van der Waals surface area contributed by atoms with Crippen LogP contribution in [-0.2, 0) is 0 Å². The highest BCUT2D eigenvalue weighted by Crippen LogP contribution is 2.19. The second-order valence-electron chi connectivity index (χ2n) is 3.12. The fraction of sp³-hybridized carbons (Fsp3) is 0.333. The largest absolute Gasteiger partial charge is 0.416 e. The van der Waals surface area contributed by atoms with E-state index in [4.69, 9.17) is 10.8 Å². The first-order chi connectivity index (χ1) is 7.89. The zero-order valence-electron chi connectivity index (χ0n) is 9.05. The molecule has 1 heterocycles. The molecular formula is C9H12F3IN4O. The Morgan fingerprint density at radius 3 is 2.67 bits per heavy atom. The molecule has 0 saturated heterocycles. The number of alkyl halides is 3. The molecule has 1 unspecified atom stereocenters. The predicted octanol–water partition coefficient (Wildman–Crippen LogP) is 1.35. The summed E-state index contributed by atoms with van der Waals surface area (Å²) in [7, 11) is 0. The average Bonchev–Trinajstić information content (AvgIpc) is 2.26. The summed E-state index contributed by atoms with van der Waals surface area (Å²) in [6, 6.07) is 4.92. The maximum atomic E-state index is 11.9. The molecule has 0 aliphatic carbocycles. The number of aromatic nitrogens is 1. The van der Waals surface area contributed by atoms with Crippen molar-refractivity contribution in [3.05, 3.63) is 24.4 Å². The Kier molecular flexibility index (Phi) is 6.91. The third-order valence-corrected chi connectivity index (χ3v) is 1.73. The van der Waals surface area contributed by atoms with Crippen molar-refractivity contribution in [2.45, 2.75) is 12.3 Å². The number of rotatable bonds is 3. The van der Waals surface area contributed by atoms with Gasteiger partial charge in [-0.15, -0.1) is 24.0 Å². The Hall–Kier alpha value is -1.10. The molecule has 0 spiro atoms. The molecule has 1 atom stereocenters. The number of hydrogen-bond acceptors (Lipinski definition) is 3. The van der Waals surface area contributed by atoms with Gasteiger partial charge in [0, 0.05) is 6.20 Å². The Morgan fingerprint density at radius 1 is 1.50 bits per heavy atom. The van der Waals surface area contributed by atoms with Crippen LogP contribution in [0.5, 0.6) is 0 Å². The van der Waals surface area contributed by atoms with E-state index >= 15 is 0 Å². The van der Waals surface area contributed by atoms with Crippen LogP contribution in [-0.4, -0.2) is 34.9 Å². The molecule has 0 bridgehead atoms. The molecule has 1 rings (SSSR count). The Balaban J connectivity index is 0.00000289. The van der Waals surface area contributed by atoms with Crippen LogP contribution in [0.2, 0.25) is 0 Å². The second kappa shape index (κ2) is 7.36. The third kappa shape index (κ3) is 6.00. The summed E-state index contributed by atoms with van der Waals surface area (Å²) in [6.07, 6.45) is -5.74. The molecule has 0 amide bonds. The van der Waals surface area contributed by atoms with Gasteiger partial charge in [-0.05, 0) is 12.1 Å².